The zero-order valence-electron chi connectivity index (χ0n) is 13.0. The molecule has 0 aromatic heterocycles. The number of hydrogen-bond acceptors (Lipinski definition) is 3. The number of hydrogen-bond donors (Lipinski definition) is 2. The first-order valence-corrected chi connectivity index (χ1v) is 8.93. The van der Waals surface area contributed by atoms with Gasteiger partial charge in [-0.1, -0.05) is 33.6 Å². The number of carbonyl (C=O) groups excluding carboxylic acids is 1. The van der Waals surface area contributed by atoms with Crippen molar-refractivity contribution in [2.24, 2.45) is 11.8 Å². The molecule has 0 aromatic rings. The number of carbonyl (C=O) groups is 2. The molecule has 0 spiro atoms. The minimum Gasteiger partial charge on any atom is -0.480 e. The van der Waals surface area contributed by atoms with Crippen molar-refractivity contribution in [2.75, 3.05) is 5.75 Å². The fraction of sp³-hybridized carbons (Fsp3) is 0.867. The van der Waals surface area contributed by atoms with Gasteiger partial charge in [0, 0.05) is 11.8 Å². The van der Waals surface area contributed by atoms with E-state index in [1.165, 1.54) is 6.42 Å². The largest absolute Gasteiger partial charge is 0.480 e. The van der Waals surface area contributed by atoms with Gasteiger partial charge in [-0.2, -0.15) is 0 Å². The quantitative estimate of drug-likeness (QED) is 0.840. The van der Waals surface area contributed by atoms with Crippen molar-refractivity contribution >= 4 is 23.8 Å². The summed E-state index contributed by atoms with van der Waals surface area (Å²) in [4.78, 5) is 25.5. The predicted molar refractivity (Wildman–Crippen MR) is 84.3 cm³/mol. The smallest absolute Gasteiger partial charge is 0.327 e. The minimum atomic E-state index is -0.904. The number of nitrogens with zero attached hydrogens (tertiary/aromatic N) is 1. The summed E-state index contributed by atoms with van der Waals surface area (Å²) < 4.78 is 0. The lowest BCUT2D eigenvalue weighted by Crippen LogP contribution is -2.54. The van der Waals surface area contributed by atoms with Crippen molar-refractivity contribution in [3.63, 3.8) is 0 Å². The topological polar surface area (TPSA) is 69.6 Å². The van der Waals surface area contributed by atoms with Crippen molar-refractivity contribution in [1.29, 1.82) is 0 Å². The average molecular weight is 314 g/mol. The van der Waals surface area contributed by atoms with Crippen LogP contribution in [0, 0.1) is 11.8 Å². The van der Waals surface area contributed by atoms with E-state index in [0.717, 1.165) is 19.3 Å². The Morgan fingerprint density at radius 2 is 2.05 bits per heavy atom. The van der Waals surface area contributed by atoms with E-state index < -0.39 is 12.0 Å². The van der Waals surface area contributed by atoms with E-state index in [0.29, 0.717) is 17.6 Å². The maximum atomic E-state index is 12.6. The number of aliphatic carboxylic acids is 1. The fourth-order valence-corrected chi connectivity index (χ4v) is 4.71. The highest BCUT2D eigenvalue weighted by Crippen LogP contribution is 2.33. The van der Waals surface area contributed by atoms with Crippen LogP contribution < -0.4 is 5.32 Å². The molecule has 1 saturated carbocycles. The van der Waals surface area contributed by atoms with E-state index in [2.05, 4.69) is 19.2 Å². The second-order valence-corrected chi connectivity index (χ2v) is 7.49. The molecule has 2 rings (SSSR count). The van der Waals surface area contributed by atoms with Crippen molar-refractivity contribution in [3.8, 4) is 0 Å². The second kappa shape index (κ2) is 6.90. The molecule has 0 bridgehead atoms. The molecule has 1 saturated heterocycles. The van der Waals surface area contributed by atoms with Gasteiger partial charge in [0.15, 0.2) is 0 Å². The van der Waals surface area contributed by atoms with Gasteiger partial charge in [-0.25, -0.2) is 9.59 Å². The van der Waals surface area contributed by atoms with E-state index in [4.69, 9.17) is 0 Å². The van der Waals surface area contributed by atoms with E-state index in [1.807, 2.05) is 6.92 Å². The van der Waals surface area contributed by atoms with Gasteiger partial charge in [0.2, 0.25) is 0 Å². The first-order valence-electron chi connectivity index (χ1n) is 7.89. The van der Waals surface area contributed by atoms with Crippen LogP contribution in [0.4, 0.5) is 4.79 Å². The summed E-state index contributed by atoms with van der Waals surface area (Å²) in [7, 11) is 0. The Morgan fingerprint density at radius 1 is 1.33 bits per heavy atom. The number of rotatable bonds is 3. The Morgan fingerprint density at radius 3 is 2.67 bits per heavy atom. The summed E-state index contributed by atoms with van der Waals surface area (Å²) in [5.74, 6) is 0.631. The van der Waals surface area contributed by atoms with Crippen molar-refractivity contribution in [3.05, 3.63) is 0 Å². The van der Waals surface area contributed by atoms with Gasteiger partial charge < -0.3 is 10.4 Å². The molecule has 1 heterocycles. The van der Waals surface area contributed by atoms with E-state index >= 15 is 0 Å². The fourth-order valence-electron chi connectivity index (χ4n) is 3.36. The van der Waals surface area contributed by atoms with Crippen LogP contribution in [0.25, 0.3) is 0 Å². The lowest BCUT2D eigenvalue weighted by molar-refractivity contribution is -0.141. The number of thioether (sulfide) groups is 1. The number of nitrogens with one attached hydrogen (secondary N) is 1. The van der Waals surface area contributed by atoms with Crippen molar-refractivity contribution in [1.82, 2.24) is 10.2 Å². The van der Waals surface area contributed by atoms with Crippen molar-refractivity contribution < 1.29 is 14.7 Å². The van der Waals surface area contributed by atoms with E-state index in [1.54, 1.807) is 16.7 Å². The van der Waals surface area contributed by atoms with Gasteiger partial charge in [0.05, 0.1) is 5.37 Å². The molecule has 5 nitrogen and oxygen atoms in total. The molecule has 120 valence electrons. The molecule has 21 heavy (non-hydrogen) atoms. The standard InChI is InChI=1S/C15H26N2O3S/c1-4-13-17(12(8-21-13)14(18)19)15(20)16-11-7-5-6-9(2)10(11)3/h9-13H,4-8H2,1-3H3,(H,16,20)(H,18,19). The van der Waals surface area contributed by atoms with Crippen LogP contribution in [0.5, 0.6) is 0 Å². The van der Waals surface area contributed by atoms with Crippen LogP contribution in [0.1, 0.15) is 46.5 Å². The van der Waals surface area contributed by atoms with Gasteiger partial charge in [-0.05, 0) is 24.7 Å². The Bertz CT molecular complexity index is 404. The number of urea groups is 1. The summed E-state index contributed by atoms with van der Waals surface area (Å²) in [5.41, 5.74) is 0. The average Bonchev–Trinajstić information content (AvgIpc) is 2.88. The number of carboxylic acids is 1. The van der Waals surface area contributed by atoms with Gasteiger partial charge in [0.1, 0.15) is 6.04 Å². The Kier molecular flexibility index (Phi) is 5.41. The molecule has 1 aliphatic heterocycles. The van der Waals surface area contributed by atoms with Crippen molar-refractivity contribution in [2.45, 2.75) is 63.9 Å². The molecule has 5 unspecified atom stereocenters. The molecule has 2 aliphatic rings. The monoisotopic (exact) mass is 314 g/mol. The molecule has 2 amide bonds. The zero-order valence-corrected chi connectivity index (χ0v) is 13.9. The Labute approximate surface area is 130 Å². The van der Waals surface area contributed by atoms with Crippen LogP contribution in [0.3, 0.4) is 0 Å². The van der Waals surface area contributed by atoms with Crippen LogP contribution >= 0.6 is 11.8 Å². The third-order valence-corrected chi connectivity index (χ3v) is 6.43. The lowest BCUT2D eigenvalue weighted by Gasteiger charge is -2.36. The van der Waals surface area contributed by atoms with Gasteiger partial charge >= 0.3 is 12.0 Å². The summed E-state index contributed by atoms with van der Waals surface area (Å²) in [6.07, 6.45) is 4.11. The molecule has 5 atom stereocenters. The third-order valence-electron chi connectivity index (χ3n) is 4.98. The highest BCUT2D eigenvalue weighted by atomic mass is 32.2. The predicted octanol–water partition coefficient (Wildman–Crippen LogP) is 2.76. The summed E-state index contributed by atoms with van der Waals surface area (Å²) in [6.45, 7) is 6.40. The molecular weight excluding hydrogens is 288 g/mol. The maximum absolute atomic E-state index is 12.6. The first-order chi connectivity index (χ1) is 9.95. The summed E-state index contributed by atoms with van der Waals surface area (Å²) in [5, 5.41) is 12.4. The Balaban J connectivity index is 2.04. The highest BCUT2D eigenvalue weighted by Gasteiger charge is 2.42. The van der Waals surface area contributed by atoms with Crippen LogP contribution in [-0.4, -0.2) is 45.2 Å². The van der Waals surface area contributed by atoms with E-state index in [-0.39, 0.29) is 17.4 Å². The summed E-state index contributed by atoms with van der Waals surface area (Å²) in [6, 6.07) is -0.736. The minimum absolute atomic E-state index is 0.0255. The first kappa shape index (κ1) is 16.5. The van der Waals surface area contributed by atoms with Gasteiger partial charge in [-0.15, -0.1) is 11.8 Å². The van der Waals surface area contributed by atoms with Crippen LogP contribution in [-0.2, 0) is 4.79 Å². The zero-order chi connectivity index (χ0) is 15.6. The molecule has 1 aliphatic carbocycles. The third kappa shape index (κ3) is 3.47. The molecule has 2 N–H and O–H groups in total. The highest BCUT2D eigenvalue weighted by molar-refractivity contribution is 8.00. The normalized spacial score (nSPS) is 36.5. The molecule has 2 fully saturated rings. The lowest BCUT2D eigenvalue weighted by atomic mass is 9.78. The van der Waals surface area contributed by atoms with Crippen LogP contribution in [0.2, 0.25) is 0 Å². The number of carboxylic acid groups (broad SMARTS) is 1. The molecular formula is C15H26N2O3S. The molecule has 6 heteroatoms. The molecule has 0 aromatic carbocycles. The Hall–Kier alpha value is -0.910. The van der Waals surface area contributed by atoms with Gasteiger partial charge in [0.25, 0.3) is 0 Å². The maximum Gasteiger partial charge on any atom is 0.327 e. The molecule has 0 radical (unpaired) electrons. The van der Waals surface area contributed by atoms with Crippen LogP contribution in [0.15, 0.2) is 0 Å². The van der Waals surface area contributed by atoms with Gasteiger partial charge in [-0.3, -0.25) is 4.90 Å². The number of amides is 2. The summed E-state index contributed by atoms with van der Waals surface area (Å²) >= 11 is 1.56. The second-order valence-electron chi connectivity index (χ2n) is 6.28. The SMILES string of the molecule is CCC1SCC(C(=O)O)N1C(=O)NC1CCCC(C)C1C. The van der Waals surface area contributed by atoms with E-state index in [9.17, 15) is 14.7 Å².